The fraction of sp³-hybridized carbons (Fsp3) is 0.308. The monoisotopic (exact) mass is 251 g/mol. The van der Waals surface area contributed by atoms with Gasteiger partial charge in [0.05, 0.1) is 11.7 Å². The molecule has 1 N–H and O–H groups in total. The van der Waals surface area contributed by atoms with Crippen LogP contribution >= 0.6 is 0 Å². The van der Waals surface area contributed by atoms with Crippen molar-refractivity contribution in [3.05, 3.63) is 53.4 Å². The number of hydrogen-bond donors (Lipinski definition) is 1. The van der Waals surface area contributed by atoms with E-state index in [4.69, 9.17) is 0 Å². The summed E-state index contributed by atoms with van der Waals surface area (Å²) >= 11 is 0. The minimum Gasteiger partial charge on any atom is -0.305 e. The van der Waals surface area contributed by atoms with Crippen LogP contribution in [0.3, 0.4) is 0 Å². The highest BCUT2D eigenvalue weighted by molar-refractivity contribution is 5.28. The van der Waals surface area contributed by atoms with Gasteiger partial charge in [-0.05, 0) is 30.3 Å². The van der Waals surface area contributed by atoms with Crippen LogP contribution in [0.1, 0.15) is 24.2 Å². The van der Waals surface area contributed by atoms with Crippen LogP contribution in [0.2, 0.25) is 0 Å². The molecule has 0 aliphatic heterocycles. The van der Waals surface area contributed by atoms with Crippen LogP contribution in [0.25, 0.3) is 0 Å². The Labute approximate surface area is 104 Å². The molecule has 1 atom stereocenters. The molecule has 0 fully saturated rings. The molecule has 2 aromatic rings. The number of aromatic nitrogens is 2. The molecule has 1 unspecified atom stereocenters. The van der Waals surface area contributed by atoms with Crippen molar-refractivity contribution in [2.24, 2.45) is 7.05 Å². The molecular formula is C13H15F2N3. The predicted octanol–water partition coefficient (Wildman–Crippen LogP) is 2.40. The van der Waals surface area contributed by atoms with Crippen LogP contribution in [-0.4, -0.2) is 16.3 Å². The molecule has 0 spiro atoms. The maximum atomic E-state index is 13.3. The average molecular weight is 251 g/mol. The van der Waals surface area contributed by atoms with Gasteiger partial charge in [0.2, 0.25) is 0 Å². The van der Waals surface area contributed by atoms with Gasteiger partial charge in [0, 0.05) is 13.2 Å². The van der Waals surface area contributed by atoms with Gasteiger partial charge in [0.1, 0.15) is 0 Å². The first-order valence-electron chi connectivity index (χ1n) is 5.79. The van der Waals surface area contributed by atoms with Gasteiger partial charge in [-0.1, -0.05) is 13.0 Å². The molecule has 1 aromatic carbocycles. The van der Waals surface area contributed by atoms with Crippen LogP contribution in [-0.2, 0) is 7.05 Å². The summed E-state index contributed by atoms with van der Waals surface area (Å²) in [6.45, 7) is 2.66. The normalized spacial score (nSPS) is 12.7. The first-order valence-corrected chi connectivity index (χ1v) is 5.79. The maximum absolute atomic E-state index is 13.3. The van der Waals surface area contributed by atoms with Crippen molar-refractivity contribution in [3.8, 4) is 0 Å². The number of rotatable bonds is 4. The molecule has 5 heteroatoms. The first-order chi connectivity index (χ1) is 8.61. The lowest BCUT2D eigenvalue weighted by Crippen LogP contribution is -2.22. The fourth-order valence-corrected chi connectivity index (χ4v) is 1.88. The summed E-state index contributed by atoms with van der Waals surface area (Å²) in [5.41, 5.74) is 1.44. The van der Waals surface area contributed by atoms with Crippen LogP contribution in [0, 0.1) is 11.6 Å². The molecule has 0 radical (unpaired) electrons. The van der Waals surface area contributed by atoms with Gasteiger partial charge in [-0.15, -0.1) is 0 Å². The maximum Gasteiger partial charge on any atom is 0.159 e. The summed E-state index contributed by atoms with van der Waals surface area (Å²) in [6.07, 6.45) is 1.82. The number of aryl methyl sites for hydroxylation is 1. The van der Waals surface area contributed by atoms with Gasteiger partial charge in [-0.3, -0.25) is 4.68 Å². The first kappa shape index (κ1) is 12.7. The van der Waals surface area contributed by atoms with Crippen molar-refractivity contribution < 1.29 is 8.78 Å². The second kappa shape index (κ2) is 5.27. The molecule has 3 nitrogen and oxygen atoms in total. The molecule has 0 saturated carbocycles. The van der Waals surface area contributed by atoms with Crippen molar-refractivity contribution in [3.63, 3.8) is 0 Å². The third-order valence-electron chi connectivity index (χ3n) is 2.72. The van der Waals surface area contributed by atoms with Crippen molar-refractivity contribution in [1.82, 2.24) is 15.1 Å². The quantitative estimate of drug-likeness (QED) is 0.904. The molecule has 0 saturated heterocycles. The molecule has 0 aliphatic rings. The Hall–Kier alpha value is -1.75. The molecular weight excluding hydrogens is 236 g/mol. The highest BCUT2D eigenvalue weighted by atomic mass is 19.2. The summed E-state index contributed by atoms with van der Waals surface area (Å²) in [7, 11) is 1.82. The summed E-state index contributed by atoms with van der Waals surface area (Å²) in [5, 5.41) is 7.51. The third-order valence-corrected chi connectivity index (χ3v) is 2.72. The smallest absolute Gasteiger partial charge is 0.159 e. The number of hydrogen-bond acceptors (Lipinski definition) is 2. The molecule has 96 valence electrons. The zero-order chi connectivity index (χ0) is 13.1. The lowest BCUT2D eigenvalue weighted by molar-refractivity contribution is 0.503. The standard InChI is InChI=1S/C13H15F2N3/c1-3-16-13(12-6-7-18(2)17-12)9-4-5-10(14)11(15)8-9/h4-8,13,16H,3H2,1-2H3. The summed E-state index contributed by atoms with van der Waals surface area (Å²) in [6, 6.07) is 5.54. The van der Waals surface area contributed by atoms with Gasteiger partial charge in [-0.2, -0.15) is 5.10 Å². The van der Waals surface area contributed by atoms with Crippen molar-refractivity contribution in [2.75, 3.05) is 6.54 Å². The SMILES string of the molecule is CCNC(c1ccc(F)c(F)c1)c1ccn(C)n1. The van der Waals surface area contributed by atoms with Crippen molar-refractivity contribution in [2.45, 2.75) is 13.0 Å². The lowest BCUT2D eigenvalue weighted by atomic mass is 10.0. The molecule has 1 heterocycles. The number of benzene rings is 1. The van der Waals surface area contributed by atoms with E-state index < -0.39 is 11.6 Å². The van der Waals surface area contributed by atoms with Crippen LogP contribution in [0.4, 0.5) is 8.78 Å². The summed E-state index contributed by atoms with van der Waals surface area (Å²) in [5.74, 6) is -1.68. The summed E-state index contributed by atoms with van der Waals surface area (Å²) in [4.78, 5) is 0. The van der Waals surface area contributed by atoms with E-state index in [2.05, 4.69) is 10.4 Å². The highest BCUT2D eigenvalue weighted by Crippen LogP contribution is 2.22. The van der Waals surface area contributed by atoms with Gasteiger partial charge in [0.25, 0.3) is 0 Å². The Morgan fingerprint density at radius 1 is 1.28 bits per heavy atom. The van der Waals surface area contributed by atoms with Crippen molar-refractivity contribution >= 4 is 0 Å². The fourth-order valence-electron chi connectivity index (χ4n) is 1.88. The molecule has 2 rings (SSSR count). The van der Waals surface area contributed by atoms with E-state index >= 15 is 0 Å². The lowest BCUT2D eigenvalue weighted by Gasteiger charge is -2.16. The topological polar surface area (TPSA) is 29.9 Å². The Balaban J connectivity index is 2.37. The predicted molar refractivity (Wildman–Crippen MR) is 65.1 cm³/mol. The van der Waals surface area contributed by atoms with E-state index in [1.165, 1.54) is 6.07 Å². The minimum absolute atomic E-state index is 0.230. The van der Waals surface area contributed by atoms with Gasteiger partial charge < -0.3 is 5.32 Å². The third kappa shape index (κ3) is 2.56. The largest absolute Gasteiger partial charge is 0.305 e. The van der Waals surface area contributed by atoms with E-state index in [0.29, 0.717) is 12.1 Å². The molecule has 0 amide bonds. The second-order valence-electron chi connectivity index (χ2n) is 4.08. The van der Waals surface area contributed by atoms with Gasteiger partial charge in [-0.25, -0.2) is 8.78 Å². The Bertz CT molecular complexity index is 537. The number of nitrogens with zero attached hydrogens (tertiary/aromatic N) is 2. The van der Waals surface area contributed by atoms with E-state index in [-0.39, 0.29) is 6.04 Å². The van der Waals surface area contributed by atoms with E-state index in [9.17, 15) is 8.78 Å². The Morgan fingerprint density at radius 2 is 2.06 bits per heavy atom. The van der Waals surface area contributed by atoms with Crippen LogP contribution < -0.4 is 5.32 Å². The van der Waals surface area contributed by atoms with Gasteiger partial charge >= 0.3 is 0 Å². The molecule has 0 aliphatic carbocycles. The molecule has 1 aromatic heterocycles. The Morgan fingerprint density at radius 3 is 2.61 bits per heavy atom. The van der Waals surface area contributed by atoms with E-state index in [0.717, 1.165) is 11.8 Å². The van der Waals surface area contributed by atoms with Crippen LogP contribution in [0.5, 0.6) is 0 Å². The summed E-state index contributed by atoms with van der Waals surface area (Å²) < 4.78 is 27.9. The number of halogens is 2. The Kier molecular flexibility index (Phi) is 3.72. The second-order valence-corrected chi connectivity index (χ2v) is 4.08. The van der Waals surface area contributed by atoms with Crippen molar-refractivity contribution in [1.29, 1.82) is 0 Å². The average Bonchev–Trinajstić information content (AvgIpc) is 2.76. The zero-order valence-corrected chi connectivity index (χ0v) is 10.3. The van der Waals surface area contributed by atoms with Crippen LogP contribution in [0.15, 0.2) is 30.5 Å². The van der Waals surface area contributed by atoms with E-state index in [1.54, 1.807) is 10.7 Å². The minimum atomic E-state index is -0.841. The molecule has 0 bridgehead atoms. The highest BCUT2D eigenvalue weighted by Gasteiger charge is 2.17. The molecule has 18 heavy (non-hydrogen) atoms. The van der Waals surface area contributed by atoms with Gasteiger partial charge in [0.15, 0.2) is 11.6 Å². The zero-order valence-electron chi connectivity index (χ0n) is 10.3. The van der Waals surface area contributed by atoms with E-state index in [1.807, 2.05) is 26.2 Å². The number of nitrogens with one attached hydrogen (secondary N) is 1.